The van der Waals surface area contributed by atoms with E-state index in [0.29, 0.717) is 19.3 Å². The number of aliphatic hydroxyl groups excluding tert-OH is 1. The highest BCUT2D eigenvalue weighted by atomic mass is 16.3. The summed E-state index contributed by atoms with van der Waals surface area (Å²) in [5, 5.41) is 9.04. The van der Waals surface area contributed by atoms with E-state index in [4.69, 9.17) is 5.11 Å². The van der Waals surface area contributed by atoms with Crippen LogP contribution < -0.4 is 0 Å². The Labute approximate surface area is 77.5 Å². The van der Waals surface area contributed by atoms with Crippen molar-refractivity contribution in [2.24, 2.45) is 0 Å². The normalized spacial score (nSPS) is 19.5. The Morgan fingerprint density at radius 3 is 2.15 bits per heavy atom. The lowest BCUT2D eigenvalue weighted by Crippen LogP contribution is -2.54. The molecule has 4 nitrogen and oxygen atoms in total. The highest BCUT2D eigenvalue weighted by Gasteiger charge is 2.37. The zero-order valence-electron chi connectivity index (χ0n) is 8.04. The summed E-state index contributed by atoms with van der Waals surface area (Å²) in [6.45, 7) is 3.19. The molecule has 0 aromatic heterocycles. The number of likely N-dealkylation sites (tertiary alicyclic amines) is 1. The van der Waals surface area contributed by atoms with Crippen LogP contribution in [0.1, 0.15) is 33.1 Å². The van der Waals surface area contributed by atoms with Crippen molar-refractivity contribution in [2.45, 2.75) is 38.6 Å². The van der Waals surface area contributed by atoms with Gasteiger partial charge in [0.25, 0.3) is 0 Å². The van der Waals surface area contributed by atoms with E-state index in [1.165, 1.54) is 4.90 Å². The van der Waals surface area contributed by atoms with Crippen molar-refractivity contribution < 1.29 is 14.7 Å². The highest BCUT2D eigenvalue weighted by molar-refractivity contribution is 5.98. The maximum Gasteiger partial charge on any atom is 0.229 e. The minimum atomic E-state index is -0.755. The number of amides is 2. The van der Waals surface area contributed by atoms with Gasteiger partial charge < -0.3 is 5.11 Å². The molecule has 1 saturated heterocycles. The van der Waals surface area contributed by atoms with Gasteiger partial charge in [0.15, 0.2) is 0 Å². The molecule has 0 atom stereocenters. The summed E-state index contributed by atoms with van der Waals surface area (Å²) in [5.41, 5.74) is -0.755. The summed E-state index contributed by atoms with van der Waals surface area (Å²) in [6, 6.07) is 0. The van der Waals surface area contributed by atoms with Gasteiger partial charge in [0.2, 0.25) is 11.8 Å². The van der Waals surface area contributed by atoms with Gasteiger partial charge in [-0.15, -0.1) is 0 Å². The second kappa shape index (κ2) is 3.46. The molecule has 0 spiro atoms. The molecule has 13 heavy (non-hydrogen) atoms. The van der Waals surface area contributed by atoms with Crippen molar-refractivity contribution in [3.05, 3.63) is 0 Å². The first-order valence-electron chi connectivity index (χ1n) is 4.46. The predicted molar refractivity (Wildman–Crippen MR) is 46.9 cm³/mol. The molecule has 0 aromatic carbocycles. The minimum Gasteiger partial charge on any atom is -0.394 e. The van der Waals surface area contributed by atoms with Crippen molar-refractivity contribution >= 4 is 11.8 Å². The molecule has 0 unspecified atom stereocenters. The maximum absolute atomic E-state index is 11.4. The van der Waals surface area contributed by atoms with Crippen LogP contribution in [0, 0.1) is 0 Å². The van der Waals surface area contributed by atoms with Gasteiger partial charge in [0.1, 0.15) is 0 Å². The molecule has 1 heterocycles. The molecular weight excluding hydrogens is 170 g/mol. The Hall–Kier alpha value is -0.900. The van der Waals surface area contributed by atoms with E-state index in [0.717, 1.165) is 0 Å². The Kier molecular flexibility index (Phi) is 2.71. The largest absolute Gasteiger partial charge is 0.394 e. The molecule has 0 saturated carbocycles. The topological polar surface area (TPSA) is 57.6 Å². The Bertz CT molecular complexity index is 219. The number of hydrogen-bond acceptors (Lipinski definition) is 3. The first-order valence-corrected chi connectivity index (χ1v) is 4.46. The van der Waals surface area contributed by atoms with Crippen LogP contribution in [0.5, 0.6) is 0 Å². The molecule has 0 radical (unpaired) electrons. The van der Waals surface area contributed by atoms with Gasteiger partial charge in [-0.3, -0.25) is 14.5 Å². The fraction of sp³-hybridized carbons (Fsp3) is 0.778. The van der Waals surface area contributed by atoms with Crippen LogP contribution in [0.2, 0.25) is 0 Å². The van der Waals surface area contributed by atoms with Crippen molar-refractivity contribution in [3.63, 3.8) is 0 Å². The van der Waals surface area contributed by atoms with Gasteiger partial charge in [-0.2, -0.15) is 0 Å². The quantitative estimate of drug-likeness (QED) is 0.629. The van der Waals surface area contributed by atoms with Gasteiger partial charge >= 0.3 is 0 Å². The molecule has 1 aliphatic rings. The fourth-order valence-corrected chi connectivity index (χ4v) is 1.50. The summed E-state index contributed by atoms with van der Waals surface area (Å²) in [5.74, 6) is -0.342. The van der Waals surface area contributed by atoms with Gasteiger partial charge in [-0.05, 0) is 20.3 Å². The second-order valence-electron chi connectivity index (χ2n) is 3.95. The minimum absolute atomic E-state index is 0.171. The number of imide groups is 1. The summed E-state index contributed by atoms with van der Waals surface area (Å²) < 4.78 is 0. The van der Waals surface area contributed by atoms with Gasteiger partial charge in [0.05, 0.1) is 12.1 Å². The maximum atomic E-state index is 11.4. The molecule has 1 rings (SSSR count). The molecule has 4 heteroatoms. The monoisotopic (exact) mass is 185 g/mol. The number of hydrogen-bond donors (Lipinski definition) is 1. The van der Waals surface area contributed by atoms with E-state index < -0.39 is 5.54 Å². The number of carbonyl (C=O) groups excluding carboxylic acids is 2. The van der Waals surface area contributed by atoms with Crippen LogP contribution in [0.25, 0.3) is 0 Å². The number of aliphatic hydroxyl groups is 1. The lowest BCUT2D eigenvalue weighted by Gasteiger charge is -2.37. The smallest absolute Gasteiger partial charge is 0.229 e. The third kappa shape index (κ3) is 1.88. The fourth-order valence-electron chi connectivity index (χ4n) is 1.50. The number of rotatable bonds is 2. The third-order valence-electron chi connectivity index (χ3n) is 2.27. The molecular formula is C9H15NO3. The molecule has 1 N–H and O–H groups in total. The zero-order valence-corrected chi connectivity index (χ0v) is 8.04. The molecule has 74 valence electrons. The summed E-state index contributed by atoms with van der Waals surface area (Å²) in [7, 11) is 0. The summed E-state index contributed by atoms with van der Waals surface area (Å²) >= 11 is 0. The number of piperidine rings is 1. The first kappa shape index (κ1) is 10.2. The van der Waals surface area contributed by atoms with Crippen molar-refractivity contribution in [1.29, 1.82) is 0 Å². The van der Waals surface area contributed by atoms with Crippen LogP contribution in [-0.2, 0) is 9.59 Å². The van der Waals surface area contributed by atoms with E-state index in [9.17, 15) is 9.59 Å². The lowest BCUT2D eigenvalue weighted by molar-refractivity contribution is -0.156. The average molecular weight is 185 g/mol. The van der Waals surface area contributed by atoms with Crippen molar-refractivity contribution in [2.75, 3.05) is 6.61 Å². The van der Waals surface area contributed by atoms with E-state index in [1.807, 2.05) is 0 Å². The number of carbonyl (C=O) groups is 2. The van der Waals surface area contributed by atoms with Gasteiger partial charge in [-0.25, -0.2) is 0 Å². The van der Waals surface area contributed by atoms with E-state index in [2.05, 4.69) is 0 Å². The average Bonchev–Trinajstić information content (AvgIpc) is 2.03. The number of nitrogens with zero attached hydrogens (tertiary/aromatic N) is 1. The van der Waals surface area contributed by atoms with Crippen LogP contribution in [0.4, 0.5) is 0 Å². The molecule has 0 aromatic rings. The molecule has 1 aliphatic heterocycles. The van der Waals surface area contributed by atoms with E-state index >= 15 is 0 Å². The Morgan fingerprint density at radius 2 is 1.77 bits per heavy atom. The third-order valence-corrected chi connectivity index (χ3v) is 2.27. The second-order valence-corrected chi connectivity index (χ2v) is 3.95. The predicted octanol–water partition coefficient (Wildman–Crippen LogP) is 0.296. The van der Waals surface area contributed by atoms with Crippen molar-refractivity contribution in [1.82, 2.24) is 4.90 Å². The SMILES string of the molecule is CC(C)(CO)N1C(=O)CCCC1=O. The Balaban J connectivity index is 2.86. The Morgan fingerprint density at radius 1 is 1.31 bits per heavy atom. The zero-order chi connectivity index (χ0) is 10.1. The van der Waals surface area contributed by atoms with E-state index in [-0.39, 0.29) is 18.4 Å². The molecule has 0 bridgehead atoms. The van der Waals surface area contributed by atoms with Gasteiger partial charge in [0, 0.05) is 12.8 Å². The summed E-state index contributed by atoms with van der Waals surface area (Å²) in [4.78, 5) is 24.0. The van der Waals surface area contributed by atoms with Crippen molar-refractivity contribution in [3.8, 4) is 0 Å². The lowest BCUT2D eigenvalue weighted by atomic mass is 9.99. The first-order chi connectivity index (χ1) is 5.99. The van der Waals surface area contributed by atoms with E-state index in [1.54, 1.807) is 13.8 Å². The highest BCUT2D eigenvalue weighted by Crippen LogP contribution is 2.22. The molecule has 1 fully saturated rings. The standard InChI is InChI=1S/C9H15NO3/c1-9(2,6-11)10-7(12)4-3-5-8(10)13/h11H,3-6H2,1-2H3. The molecule has 0 aliphatic carbocycles. The van der Waals surface area contributed by atoms with Crippen LogP contribution in [0.3, 0.4) is 0 Å². The molecule has 2 amide bonds. The van der Waals surface area contributed by atoms with Crippen LogP contribution in [0.15, 0.2) is 0 Å². The van der Waals surface area contributed by atoms with Crippen LogP contribution in [-0.4, -0.2) is 34.0 Å². The summed E-state index contributed by atoms with van der Waals surface area (Å²) in [6.07, 6.45) is 1.46. The van der Waals surface area contributed by atoms with Crippen LogP contribution >= 0.6 is 0 Å². The van der Waals surface area contributed by atoms with Gasteiger partial charge in [-0.1, -0.05) is 0 Å².